The highest BCUT2D eigenvalue weighted by Crippen LogP contribution is 2.26. The molecule has 1 heterocycles. The van der Waals surface area contributed by atoms with Crippen molar-refractivity contribution in [2.45, 2.75) is 18.7 Å². The number of nitrogens with zero attached hydrogens (tertiary/aromatic N) is 2. The fraction of sp³-hybridized carbons (Fsp3) is 0.500. The monoisotopic (exact) mass is 257 g/mol. The highest BCUT2D eigenvalue weighted by molar-refractivity contribution is 7.98. The van der Waals surface area contributed by atoms with Crippen LogP contribution < -0.4 is 10.5 Å². The van der Waals surface area contributed by atoms with Crippen LogP contribution in [0, 0.1) is 10.1 Å². The molecule has 1 unspecified atom stereocenters. The van der Waals surface area contributed by atoms with Gasteiger partial charge in [0, 0.05) is 29.8 Å². The summed E-state index contributed by atoms with van der Waals surface area (Å²) in [5.41, 5.74) is 6.31. The molecule has 6 nitrogen and oxygen atoms in total. The Morgan fingerprint density at radius 2 is 2.41 bits per heavy atom. The Labute approximate surface area is 104 Å². The minimum absolute atomic E-state index is 0.0379. The lowest BCUT2D eigenvalue weighted by atomic mass is 10.3. The fourth-order valence-corrected chi connectivity index (χ4v) is 2.10. The van der Waals surface area contributed by atoms with Gasteiger partial charge in [0.05, 0.1) is 12.0 Å². The summed E-state index contributed by atoms with van der Waals surface area (Å²) < 4.78 is 4.82. The van der Waals surface area contributed by atoms with E-state index in [1.807, 2.05) is 6.92 Å². The maximum Gasteiger partial charge on any atom is 0.331 e. The number of hydrogen-bond acceptors (Lipinski definition) is 6. The molecule has 17 heavy (non-hydrogen) atoms. The van der Waals surface area contributed by atoms with Crippen molar-refractivity contribution in [1.82, 2.24) is 4.98 Å². The quantitative estimate of drug-likeness (QED) is 0.614. The highest BCUT2D eigenvalue weighted by Gasteiger charge is 2.16. The Morgan fingerprint density at radius 3 is 2.94 bits per heavy atom. The average molecular weight is 257 g/mol. The van der Waals surface area contributed by atoms with Crippen LogP contribution in [0.5, 0.6) is 5.88 Å². The number of methoxy groups -OCH3 is 1. The maximum absolute atomic E-state index is 10.8. The van der Waals surface area contributed by atoms with Crippen molar-refractivity contribution >= 4 is 17.4 Å². The zero-order chi connectivity index (χ0) is 12.8. The first-order valence-corrected chi connectivity index (χ1v) is 6.20. The molecular weight excluding hydrogens is 242 g/mol. The van der Waals surface area contributed by atoms with E-state index in [0.717, 1.165) is 11.3 Å². The van der Waals surface area contributed by atoms with Crippen LogP contribution in [0.25, 0.3) is 0 Å². The molecule has 2 N–H and O–H groups in total. The molecule has 7 heteroatoms. The van der Waals surface area contributed by atoms with Crippen LogP contribution in [-0.2, 0) is 5.75 Å². The van der Waals surface area contributed by atoms with Gasteiger partial charge in [-0.2, -0.15) is 11.8 Å². The minimum Gasteiger partial charge on any atom is -0.476 e. The van der Waals surface area contributed by atoms with E-state index in [1.165, 1.54) is 13.2 Å². The van der Waals surface area contributed by atoms with Crippen molar-refractivity contribution in [1.29, 1.82) is 0 Å². The largest absolute Gasteiger partial charge is 0.476 e. The summed E-state index contributed by atoms with van der Waals surface area (Å²) in [7, 11) is 1.36. The van der Waals surface area contributed by atoms with Crippen LogP contribution in [0.3, 0.4) is 0 Å². The summed E-state index contributed by atoms with van der Waals surface area (Å²) in [5, 5.41) is 10.8. The van der Waals surface area contributed by atoms with Crippen molar-refractivity contribution in [3.05, 3.63) is 27.9 Å². The lowest BCUT2D eigenvalue weighted by Crippen LogP contribution is -2.17. The molecule has 0 saturated carbocycles. The number of nitrogens with two attached hydrogens (primary N) is 1. The van der Waals surface area contributed by atoms with E-state index >= 15 is 0 Å². The standard InChI is InChI=1S/C10H15N3O3S/c1-7(11)5-17-6-8-3-9(13(14)15)10(16-2)12-4-8/h3-4,7H,5-6,11H2,1-2H3. The minimum atomic E-state index is -0.494. The third-order valence-corrected chi connectivity index (χ3v) is 3.23. The molecule has 0 radical (unpaired) electrons. The molecule has 0 aliphatic carbocycles. The number of aromatic nitrogens is 1. The molecule has 0 spiro atoms. The zero-order valence-corrected chi connectivity index (χ0v) is 10.6. The summed E-state index contributed by atoms with van der Waals surface area (Å²) in [6.45, 7) is 1.92. The van der Waals surface area contributed by atoms with E-state index in [1.54, 1.807) is 18.0 Å². The first-order chi connectivity index (χ1) is 8.04. The third-order valence-electron chi connectivity index (χ3n) is 1.93. The lowest BCUT2D eigenvalue weighted by Gasteiger charge is -2.05. The molecule has 0 fully saturated rings. The van der Waals surface area contributed by atoms with Gasteiger partial charge in [0.2, 0.25) is 0 Å². The summed E-state index contributed by atoms with van der Waals surface area (Å²) in [6, 6.07) is 1.60. The van der Waals surface area contributed by atoms with Crippen LogP contribution in [0.1, 0.15) is 12.5 Å². The van der Waals surface area contributed by atoms with Gasteiger partial charge in [-0.25, -0.2) is 4.98 Å². The SMILES string of the molecule is COc1ncc(CSCC(C)N)cc1[N+](=O)[O-]. The number of nitro groups is 1. The summed E-state index contributed by atoms with van der Waals surface area (Å²) >= 11 is 1.62. The van der Waals surface area contributed by atoms with Gasteiger partial charge in [-0.15, -0.1) is 0 Å². The summed E-state index contributed by atoms with van der Waals surface area (Å²) in [6.07, 6.45) is 1.58. The molecule has 1 aromatic rings. The van der Waals surface area contributed by atoms with Crippen LogP contribution >= 0.6 is 11.8 Å². The van der Waals surface area contributed by atoms with Crippen molar-refractivity contribution in [3.63, 3.8) is 0 Å². The molecule has 0 aliphatic rings. The number of pyridine rings is 1. The first-order valence-electron chi connectivity index (χ1n) is 5.05. The van der Waals surface area contributed by atoms with Crippen molar-refractivity contribution in [2.75, 3.05) is 12.9 Å². The topological polar surface area (TPSA) is 91.3 Å². The van der Waals surface area contributed by atoms with Gasteiger partial charge >= 0.3 is 5.69 Å². The van der Waals surface area contributed by atoms with Crippen LogP contribution in [0.2, 0.25) is 0 Å². The predicted molar refractivity (Wildman–Crippen MR) is 67.3 cm³/mol. The normalized spacial score (nSPS) is 12.2. The van der Waals surface area contributed by atoms with Crippen LogP contribution in [0.15, 0.2) is 12.3 Å². The Bertz CT molecular complexity index is 398. The maximum atomic E-state index is 10.8. The first kappa shape index (κ1) is 13.7. The average Bonchev–Trinajstić information content (AvgIpc) is 2.28. The van der Waals surface area contributed by atoms with Gasteiger partial charge in [-0.3, -0.25) is 10.1 Å². The molecule has 1 aromatic heterocycles. The molecule has 0 aliphatic heterocycles. The van der Waals surface area contributed by atoms with E-state index in [4.69, 9.17) is 10.5 Å². The summed E-state index contributed by atoms with van der Waals surface area (Å²) in [4.78, 5) is 14.2. The molecular formula is C10H15N3O3S. The third kappa shape index (κ3) is 4.20. The summed E-state index contributed by atoms with van der Waals surface area (Å²) in [5.74, 6) is 1.50. The highest BCUT2D eigenvalue weighted by atomic mass is 32.2. The molecule has 1 rings (SSSR count). The van der Waals surface area contributed by atoms with Crippen molar-refractivity contribution in [3.8, 4) is 5.88 Å². The molecule has 1 atom stereocenters. The lowest BCUT2D eigenvalue weighted by molar-refractivity contribution is -0.386. The van der Waals surface area contributed by atoms with Crippen LogP contribution in [0.4, 0.5) is 5.69 Å². The van der Waals surface area contributed by atoms with Crippen molar-refractivity contribution < 1.29 is 9.66 Å². The van der Waals surface area contributed by atoms with E-state index < -0.39 is 4.92 Å². The van der Waals surface area contributed by atoms with Gasteiger partial charge in [-0.05, 0) is 12.5 Å². The second kappa shape index (κ2) is 6.41. The predicted octanol–water partition coefficient (Wildman–Crippen LogP) is 1.58. The molecule has 94 valence electrons. The fourth-order valence-electron chi connectivity index (χ4n) is 1.21. The number of hydrogen-bond donors (Lipinski definition) is 1. The van der Waals surface area contributed by atoms with Gasteiger partial charge in [-0.1, -0.05) is 0 Å². The van der Waals surface area contributed by atoms with E-state index in [-0.39, 0.29) is 17.6 Å². The second-order valence-corrected chi connectivity index (χ2v) is 4.65. The Hall–Kier alpha value is -1.34. The smallest absolute Gasteiger partial charge is 0.331 e. The Morgan fingerprint density at radius 1 is 1.71 bits per heavy atom. The Balaban J connectivity index is 2.74. The van der Waals surface area contributed by atoms with Crippen molar-refractivity contribution in [2.24, 2.45) is 5.73 Å². The van der Waals surface area contributed by atoms with Gasteiger partial charge in [0.1, 0.15) is 0 Å². The number of ether oxygens (including phenoxy) is 1. The van der Waals surface area contributed by atoms with Crippen LogP contribution in [-0.4, -0.2) is 28.8 Å². The number of rotatable bonds is 6. The van der Waals surface area contributed by atoms with E-state index in [2.05, 4.69) is 4.98 Å². The van der Waals surface area contributed by atoms with E-state index in [9.17, 15) is 10.1 Å². The molecule has 0 bridgehead atoms. The number of thioether (sulfide) groups is 1. The Kier molecular flexibility index (Phi) is 5.17. The second-order valence-electron chi connectivity index (χ2n) is 3.62. The molecule has 0 saturated heterocycles. The van der Waals surface area contributed by atoms with Gasteiger partial charge in [0.15, 0.2) is 0 Å². The van der Waals surface area contributed by atoms with E-state index in [0.29, 0.717) is 5.75 Å². The van der Waals surface area contributed by atoms with Gasteiger partial charge < -0.3 is 10.5 Å². The molecule has 0 amide bonds. The van der Waals surface area contributed by atoms with Gasteiger partial charge in [0.25, 0.3) is 5.88 Å². The zero-order valence-electron chi connectivity index (χ0n) is 9.75. The molecule has 0 aromatic carbocycles.